The minimum Gasteiger partial charge on any atom is -0.0651 e. The lowest BCUT2D eigenvalue weighted by atomic mass is 9.76. The fourth-order valence-electron chi connectivity index (χ4n) is 3.09. The Hall–Kier alpha value is 0. The zero-order valence-corrected chi connectivity index (χ0v) is 12.6. The third-order valence-electron chi connectivity index (χ3n) is 4.28. The topological polar surface area (TPSA) is 0 Å². The van der Waals surface area contributed by atoms with Gasteiger partial charge in [0.15, 0.2) is 0 Å². The summed E-state index contributed by atoms with van der Waals surface area (Å²) < 4.78 is 0. The standard InChI is InChI=1S/C16H34/c1-7-14(8-2)12-16(11-13(5)6)15(9-3)10-4/h13-16H,7-12H2,1-6H3. The molecule has 0 saturated heterocycles. The second-order valence-corrected chi connectivity index (χ2v) is 5.88. The lowest BCUT2D eigenvalue weighted by Crippen LogP contribution is -2.19. The maximum Gasteiger partial charge on any atom is -0.0381 e. The Bertz CT molecular complexity index is 140. The number of rotatable bonds is 9. The van der Waals surface area contributed by atoms with Crippen LogP contribution in [0.3, 0.4) is 0 Å². The van der Waals surface area contributed by atoms with Crippen molar-refractivity contribution in [2.75, 3.05) is 0 Å². The molecular formula is C16H34. The molecule has 0 fully saturated rings. The summed E-state index contributed by atoms with van der Waals surface area (Å²) in [4.78, 5) is 0. The molecular weight excluding hydrogens is 192 g/mol. The molecule has 0 aliphatic rings. The van der Waals surface area contributed by atoms with Crippen LogP contribution < -0.4 is 0 Å². The van der Waals surface area contributed by atoms with Gasteiger partial charge >= 0.3 is 0 Å². The molecule has 0 heterocycles. The molecule has 0 heteroatoms. The second-order valence-electron chi connectivity index (χ2n) is 5.88. The number of hydrogen-bond donors (Lipinski definition) is 0. The highest BCUT2D eigenvalue weighted by molar-refractivity contribution is 4.73. The largest absolute Gasteiger partial charge is 0.0651 e. The monoisotopic (exact) mass is 226 g/mol. The van der Waals surface area contributed by atoms with Crippen molar-refractivity contribution in [3.63, 3.8) is 0 Å². The molecule has 1 unspecified atom stereocenters. The maximum absolute atomic E-state index is 2.38. The minimum atomic E-state index is 0.861. The summed E-state index contributed by atoms with van der Waals surface area (Å²) in [6.07, 6.45) is 8.37. The van der Waals surface area contributed by atoms with E-state index in [1.807, 2.05) is 0 Å². The summed E-state index contributed by atoms with van der Waals surface area (Å²) in [6, 6.07) is 0. The van der Waals surface area contributed by atoms with Gasteiger partial charge in [-0.05, 0) is 36.5 Å². The van der Waals surface area contributed by atoms with E-state index in [-0.39, 0.29) is 0 Å². The van der Waals surface area contributed by atoms with Gasteiger partial charge in [0.05, 0.1) is 0 Å². The Balaban J connectivity index is 4.39. The molecule has 0 aromatic rings. The van der Waals surface area contributed by atoms with Crippen molar-refractivity contribution in [3.05, 3.63) is 0 Å². The molecule has 0 aromatic heterocycles. The van der Waals surface area contributed by atoms with E-state index in [1.54, 1.807) is 0 Å². The first-order valence-corrected chi connectivity index (χ1v) is 7.58. The Labute approximate surface area is 104 Å². The minimum absolute atomic E-state index is 0.861. The smallest absolute Gasteiger partial charge is 0.0381 e. The molecule has 16 heavy (non-hydrogen) atoms. The van der Waals surface area contributed by atoms with Crippen LogP contribution in [-0.4, -0.2) is 0 Å². The lowest BCUT2D eigenvalue weighted by molar-refractivity contribution is 0.212. The number of hydrogen-bond acceptors (Lipinski definition) is 0. The third kappa shape index (κ3) is 5.92. The molecule has 0 aromatic carbocycles. The third-order valence-corrected chi connectivity index (χ3v) is 4.28. The van der Waals surface area contributed by atoms with Crippen LogP contribution in [0, 0.1) is 23.7 Å². The first-order valence-electron chi connectivity index (χ1n) is 7.58. The first-order chi connectivity index (χ1) is 7.58. The van der Waals surface area contributed by atoms with Gasteiger partial charge in [-0.3, -0.25) is 0 Å². The molecule has 0 spiro atoms. The first kappa shape index (κ1) is 16.0. The molecule has 98 valence electrons. The summed E-state index contributed by atoms with van der Waals surface area (Å²) in [7, 11) is 0. The molecule has 0 aliphatic carbocycles. The van der Waals surface area contributed by atoms with Gasteiger partial charge in [0.25, 0.3) is 0 Å². The van der Waals surface area contributed by atoms with Crippen molar-refractivity contribution in [2.45, 2.75) is 80.1 Å². The van der Waals surface area contributed by atoms with Gasteiger partial charge in [0.2, 0.25) is 0 Å². The molecule has 1 atom stereocenters. The Morgan fingerprint density at radius 2 is 1.12 bits per heavy atom. The van der Waals surface area contributed by atoms with Gasteiger partial charge in [-0.1, -0.05) is 67.2 Å². The molecule has 0 bridgehead atoms. The van der Waals surface area contributed by atoms with Crippen LogP contribution in [0.2, 0.25) is 0 Å². The van der Waals surface area contributed by atoms with Crippen molar-refractivity contribution in [1.82, 2.24) is 0 Å². The normalized spacial score (nSPS) is 14.1. The average Bonchev–Trinajstić information content (AvgIpc) is 2.26. The fourth-order valence-corrected chi connectivity index (χ4v) is 3.09. The Morgan fingerprint density at radius 3 is 1.44 bits per heavy atom. The van der Waals surface area contributed by atoms with Gasteiger partial charge in [-0.2, -0.15) is 0 Å². The molecule has 0 amide bonds. The maximum atomic E-state index is 2.38. The van der Waals surface area contributed by atoms with Crippen LogP contribution in [0.5, 0.6) is 0 Å². The molecule has 0 aliphatic heterocycles. The van der Waals surface area contributed by atoms with E-state index >= 15 is 0 Å². The summed E-state index contributed by atoms with van der Waals surface area (Å²) in [6.45, 7) is 14.2. The Kier molecular flexibility index (Phi) is 9.07. The van der Waals surface area contributed by atoms with E-state index in [9.17, 15) is 0 Å². The van der Waals surface area contributed by atoms with Crippen molar-refractivity contribution in [2.24, 2.45) is 23.7 Å². The second kappa shape index (κ2) is 9.07. The van der Waals surface area contributed by atoms with Crippen molar-refractivity contribution < 1.29 is 0 Å². The van der Waals surface area contributed by atoms with E-state index in [1.165, 1.54) is 38.5 Å². The van der Waals surface area contributed by atoms with E-state index in [4.69, 9.17) is 0 Å². The highest BCUT2D eigenvalue weighted by atomic mass is 14.3. The highest BCUT2D eigenvalue weighted by Crippen LogP contribution is 2.33. The van der Waals surface area contributed by atoms with Gasteiger partial charge < -0.3 is 0 Å². The van der Waals surface area contributed by atoms with Crippen LogP contribution in [-0.2, 0) is 0 Å². The van der Waals surface area contributed by atoms with E-state index < -0.39 is 0 Å². The molecule has 0 N–H and O–H groups in total. The van der Waals surface area contributed by atoms with Crippen LogP contribution in [0.1, 0.15) is 80.1 Å². The lowest BCUT2D eigenvalue weighted by Gasteiger charge is -2.30. The van der Waals surface area contributed by atoms with Crippen LogP contribution in [0.15, 0.2) is 0 Å². The molecule has 0 nitrogen and oxygen atoms in total. The van der Waals surface area contributed by atoms with Gasteiger partial charge in [0, 0.05) is 0 Å². The van der Waals surface area contributed by atoms with E-state index in [2.05, 4.69) is 41.5 Å². The van der Waals surface area contributed by atoms with Crippen LogP contribution in [0.25, 0.3) is 0 Å². The average molecular weight is 226 g/mol. The molecule has 0 radical (unpaired) electrons. The quantitative estimate of drug-likeness (QED) is 0.458. The molecule has 0 saturated carbocycles. The summed E-state index contributed by atoms with van der Waals surface area (Å²) in [5.41, 5.74) is 0. The Morgan fingerprint density at radius 1 is 0.625 bits per heavy atom. The summed E-state index contributed by atoms with van der Waals surface area (Å²) in [5.74, 6) is 3.76. The fraction of sp³-hybridized carbons (Fsp3) is 1.00. The van der Waals surface area contributed by atoms with Crippen molar-refractivity contribution in [1.29, 1.82) is 0 Å². The van der Waals surface area contributed by atoms with Gasteiger partial charge in [-0.25, -0.2) is 0 Å². The zero-order chi connectivity index (χ0) is 12.6. The van der Waals surface area contributed by atoms with E-state index in [0.29, 0.717) is 0 Å². The summed E-state index contributed by atoms with van der Waals surface area (Å²) >= 11 is 0. The van der Waals surface area contributed by atoms with Crippen molar-refractivity contribution in [3.8, 4) is 0 Å². The van der Waals surface area contributed by atoms with Crippen molar-refractivity contribution >= 4 is 0 Å². The summed E-state index contributed by atoms with van der Waals surface area (Å²) in [5, 5.41) is 0. The van der Waals surface area contributed by atoms with Gasteiger partial charge in [-0.15, -0.1) is 0 Å². The highest BCUT2D eigenvalue weighted by Gasteiger charge is 2.22. The zero-order valence-electron chi connectivity index (χ0n) is 12.6. The van der Waals surface area contributed by atoms with E-state index in [0.717, 1.165) is 23.7 Å². The molecule has 0 rings (SSSR count). The van der Waals surface area contributed by atoms with Gasteiger partial charge in [0.1, 0.15) is 0 Å². The van der Waals surface area contributed by atoms with Crippen LogP contribution in [0.4, 0.5) is 0 Å². The SMILES string of the molecule is CCC(CC)CC(CC(C)C)C(CC)CC. The predicted octanol–water partition coefficient (Wildman–Crippen LogP) is 5.91. The van der Waals surface area contributed by atoms with Crippen LogP contribution >= 0.6 is 0 Å². The predicted molar refractivity (Wildman–Crippen MR) is 75.7 cm³/mol.